The number of anilines is 1. The number of piperidine rings is 1. The minimum absolute atomic E-state index is 0.0461. The van der Waals surface area contributed by atoms with Gasteiger partial charge in [0.2, 0.25) is 5.91 Å². The maximum Gasteiger partial charge on any atom is 0.228 e. The van der Waals surface area contributed by atoms with E-state index in [0.29, 0.717) is 18.7 Å². The molecule has 1 heterocycles. The molecule has 0 unspecified atom stereocenters. The van der Waals surface area contributed by atoms with Crippen molar-refractivity contribution in [1.82, 2.24) is 4.90 Å². The molecule has 1 fully saturated rings. The van der Waals surface area contributed by atoms with E-state index in [1.54, 1.807) is 7.11 Å². The van der Waals surface area contributed by atoms with Crippen LogP contribution in [0.1, 0.15) is 18.4 Å². The Morgan fingerprint density at radius 3 is 2.62 bits per heavy atom. The molecular formula is C26H26F2N2O2. The van der Waals surface area contributed by atoms with Gasteiger partial charge >= 0.3 is 0 Å². The summed E-state index contributed by atoms with van der Waals surface area (Å²) in [5.74, 6) is -0.607. The summed E-state index contributed by atoms with van der Waals surface area (Å²) in [6, 6.07) is 19.0. The van der Waals surface area contributed by atoms with Crippen LogP contribution >= 0.6 is 0 Å². The second-order valence-corrected chi connectivity index (χ2v) is 8.07. The van der Waals surface area contributed by atoms with Crippen molar-refractivity contribution in [2.75, 3.05) is 25.5 Å². The fourth-order valence-corrected chi connectivity index (χ4v) is 4.15. The van der Waals surface area contributed by atoms with Crippen LogP contribution in [0.3, 0.4) is 0 Å². The molecule has 0 aromatic heterocycles. The molecule has 1 aliphatic rings. The summed E-state index contributed by atoms with van der Waals surface area (Å²) in [6.45, 7) is 1.68. The maximum absolute atomic E-state index is 14.0. The van der Waals surface area contributed by atoms with E-state index in [4.69, 9.17) is 4.74 Å². The zero-order chi connectivity index (χ0) is 22.5. The van der Waals surface area contributed by atoms with E-state index in [9.17, 15) is 13.6 Å². The number of rotatable bonds is 6. The molecule has 3 aromatic rings. The van der Waals surface area contributed by atoms with Gasteiger partial charge < -0.3 is 10.1 Å². The molecule has 0 radical (unpaired) electrons. The van der Waals surface area contributed by atoms with E-state index in [0.717, 1.165) is 48.0 Å². The van der Waals surface area contributed by atoms with Crippen molar-refractivity contribution >= 4 is 11.6 Å². The Balaban J connectivity index is 1.44. The second kappa shape index (κ2) is 9.92. The zero-order valence-electron chi connectivity index (χ0n) is 18.0. The predicted molar refractivity (Wildman–Crippen MR) is 121 cm³/mol. The molecule has 0 bridgehead atoms. The molecule has 0 aliphatic carbocycles. The molecule has 0 spiro atoms. The topological polar surface area (TPSA) is 41.6 Å². The number of hydrogen-bond donors (Lipinski definition) is 1. The Kier molecular flexibility index (Phi) is 6.81. The number of amides is 1. The highest BCUT2D eigenvalue weighted by molar-refractivity contribution is 5.97. The number of nitrogens with zero attached hydrogens (tertiary/aromatic N) is 1. The lowest BCUT2D eigenvalue weighted by Gasteiger charge is -2.32. The van der Waals surface area contributed by atoms with E-state index < -0.39 is 11.6 Å². The largest absolute Gasteiger partial charge is 0.497 e. The third-order valence-electron chi connectivity index (χ3n) is 5.87. The van der Waals surface area contributed by atoms with Crippen LogP contribution in [0.15, 0.2) is 66.7 Å². The lowest BCUT2D eigenvalue weighted by atomic mass is 9.96. The number of benzene rings is 3. The number of carbonyl (C=O) groups excluding carboxylic acids is 1. The standard InChI is InChI=1S/C26H26F2N2O2/c1-32-22-12-9-18(10-13-22)23-6-2-3-7-25(23)29-26(31)20-5-4-14-30(17-20)16-19-8-11-21(27)15-24(19)28/h2-3,6-13,15,20H,4-5,14,16-17H2,1H3,(H,29,31)/t20-/m1/s1. The van der Waals surface area contributed by atoms with E-state index in [1.807, 2.05) is 48.5 Å². The van der Waals surface area contributed by atoms with E-state index >= 15 is 0 Å². The van der Waals surface area contributed by atoms with Crippen LogP contribution in [-0.2, 0) is 11.3 Å². The van der Waals surface area contributed by atoms with Gasteiger partial charge in [-0.2, -0.15) is 0 Å². The van der Waals surface area contributed by atoms with Crippen molar-refractivity contribution in [2.45, 2.75) is 19.4 Å². The van der Waals surface area contributed by atoms with Crippen molar-refractivity contribution in [1.29, 1.82) is 0 Å². The smallest absolute Gasteiger partial charge is 0.228 e. The summed E-state index contributed by atoms with van der Waals surface area (Å²) in [7, 11) is 1.63. The summed E-state index contributed by atoms with van der Waals surface area (Å²) in [6.07, 6.45) is 1.62. The molecule has 1 saturated heterocycles. The lowest BCUT2D eigenvalue weighted by molar-refractivity contribution is -0.121. The first-order valence-electron chi connectivity index (χ1n) is 10.7. The van der Waals surface area contributed by atoms with Gasteiger partial charge in [0.1, 0.15) is 17.4 Å². The monoisotopic (exact) mass is 436 g/mol. The van der Waals surface area contributed by atoms with Crippen LogP contribution < -0.4 is 10.1 Å². The van der Waals surface area contributed by atoms with Crippen molar-refractivity contribution < 1.29 is 18.3 Å². The highest BCUT2D eigenvalue weighted by Crippen LogP contribution is 2.30. The summed E-state index contributed by atoms with van der Waals surface area (Å²) >= 11 is 0. The normalized spacial score (nSPS) is 16.5. The first-order chi connectivity index (χ1) is 15.5. The second-order valence-electron chi connectivity index (χ2n) is 8.07. The van der Waals surface area contributed by atoms with E-state index in [1.165, 1.54) is 12.1 Å². The predicted octanol–water partition coefficient (Wildman–Crippen LogP) is 5.49. The molecule has 0 saturated carbocycles. The first kappa shape index (κ1) is 22.0. The molecule has 166 valence electrons. The van der Waals surface area contributed by atoms with Crippen molar-refractivity contribution in [3.8, 4) is 16.9 Å². The number of ether oxygens (including phenoxy) is 1. The Morgan fingerprint density at radius 2 is 1.88 bits per heavy atom. The third-order valence-corrected chi connectivity index (χ3v) is 5.87. The summed E-state index contributed by atoms with van der Waals surface area (Å²) < 4.78 is 32.5. The Morgan fingerprint density at radius 1 is 1.09 bits per heavy atom. The maximum atomic E-state index is 14.0. The molecule has 1 N–H and O–H groups in total. The van der Waals surface area contributed by atoms with Crippen molar-refractivity contribution in [3.05, 3.63) is 83.9 Å². The van der Waals surface area contributed by atoms with Gasteiger partial charge in [-0.1, -0.05) is 36.4 Å². The van der Waals surface area contributed by atoms with Gasteiger partial charge in [0, 0.05) is 36.0 Å². The highest BCUT2D eigenvalue weighted by Gasteiger charge is 2.27. The SMILES string of the molecule is COc1ccc(-c2ccccc2NC(=O)[C@@H]2CCCN(Cc3ccc(F)cc3F)C2)cc1. The van der Waals surface area contributed by atoms with Gasteiger partial charge in [0.05, 0.1) is 13.0 Å². The van der Waals surface area contributed by atoms with Crippen LogP contribution in [-0.4, -0.2) is 31.0 Å². The third kappa shape index (κ3) is 5.14. The minimum Gasteiger partial charge on any atom is -0.497 e. The number of nitrogens with one attached hydrogen (secondary N) is 1. The molecule has 32 heavy (non-hydrogen) atoms. The van der Waals surface area contributed by atoms with Crippen LogP contribution in [0, 0.1) is 17.6 Å². The number of halogens is 2. The zero-order valence-corrected chi connectivity index (χ0v) is 18.0. The Bertz CT molecular complexity index is 1090. The quantitative estimate of drug-likeness (QED) is 0.556. The molecule has 4 nitrogen and oxygen atoms in total. The number of para-hydroxylation sites is 1. The van der Waals surface area contributed by atoms with Gasteiger partial charge in [-0.05, 0) is 49.2 Å². The Hall–Kier alpha value is -3.25. The molecular weight excluding hydrogens is 410 g/mol. The van der Waals surface area contributed by atoms with Crippen LogP contribution in [0.5, 0.6) is 5.75 Å². The average molecular weight is 437 g/mol. The lowest BCUT2D eigenvalue weighted by Crippen LogP contribution is -2.40. The number of hydrogen-bond acceptors (Lipinski definition) is 3. The number of likely N-dealkylation sites (tertiary alicyclic amines) is 1. The molecule has 6 heteroatoms. The summed E-state index contributed by atoms with van der Waals surface area (Å²) in [5, 5.41) is 3.09. The first-order valence-corrected chi connectivity index (χ1v) is 10.7. The van der Waals surface area contributed by atoms with E-state index in [-0.39, 0.29) is 11.8 Å². The van der Waals surface area contributed by atoms with Crippen molar-refractivity contribution in [2.24, 2.45) is 5.92 Å². The van der Waals surface area contributed by atoms with Gasteiger partial charge in [-0.15, -0.1) is 0 Å². The van der Waals surface area contributed by atoms with Gasteiger partial charge in [-0.3, -0.25) is 9.69 Å². The molecule has 1 atom stereocenters. The average Bonchev–Trinajstić information content (AvgIpc) is 2.81. The molecule has 1 amide bonds. The van der Waals surface area contributed by atoms with Crippen molar-refractivity contribution in [3.63, 3.8) is 0 Å². The minimum atomic E-state index is -0.585. The summed E-state index contributed by atoms with van der Waals surface area (Å²) in [4.78, 5) is 15.1. The van der Waals surface area contributed by atoms with Crippen LogP contribution in [0.4, 0.5) is 14.5 Å². The fourth-order valence-electron chi connectivity index (χ4n) is 4.15. The van der Waals surface area contributed by atoms with Crippen LogP contribution in [0.25, 0.3) is 11.1 Å². The molecule has 3 aromatic carbocycles. The molecule has 4 rings (SSSR count). The van der Waals surface area contributed by atoms with Crippen LogP contribution in [0.2, 0.25) is 0 Å². The number of methoxy groups -OCH3 is 1. The Labute approximate surface area is 186 Å². The summed E-state index contributed by atoms with van der Waals surface area (Å²) in [5.41, 5.74) is 3.12. The highest BCUT2D eigenvalue weighted by atomic mass is 19.1. The number of carbonyl (C=O) groups is 1. The van der Waals surface area contributed by atoms with E-state index in [2.05, 4.69) is 10.2 Å². The van der Waals surface area contributed by atoms with Gasteiger partial charge in [0.25, 0.3) is 0 Å². The fraction of sp³-hybridized carbons (Fsp3) is 0.269. The van der Waals surface area contributed by atoms with Gasteiger partial charge in [-0.25, -0.2) is 8.78 Å². The molecule has 1 aliphatic heterocycles. The van der Waals surface area contributed by atoms with Gasteiger partial charge in [0.15, 0.2) is 0 Å².